The molecule has 0 atom stereocenters. The number of rotatable bonds is 6. The standard InChI is InChI=1S/C20H16N2O6S2/c1-28-13-4-2-3-11(7-13)8-16-18(25)22(20(29)30-16)10-17(24)21-12-5-6-15(23)14(9-12)19(26)27/h2-9,23H,10H2,1H3,(H,21,24)(H,26,27). The van der Waals surface area contributed by atoms with Gasteiger partial charge in [0.15, 0.2) is 0 Å². The Bertz CT molecular complexity index is 1080. The molecule has 2 aromatic rings. The molecule has 0 radical (unpaired) electrons. The topological polar surface area (TPSA) is 116 Å². The molecule has 2 aromatic carbocycles. The van der Waals surface area contributed by atoms with Gasteiger partial charge in [-0.15, -0.1) is 0 Å². The molecule has 3 N–H and O–H groups in total. The molecule has 0 unspecified atom stereocenters. The lowest BCUT2D eigenvalue weighted by Gasteiger charge is -2.14. The number of phenols is 1. The molecular weight excluding hydrogens is 428 g/mol. The molecule has 1 heterocycles. The smallest absolute Gasteiger partial charge is 0.339 e. The zero-order valence-electron chi connectivity index (χ0n) is 15.6. The van der Waals surface area contributed by atoms with Gasteiger partial charge in [-0.1, -0.05) is 36.1 Å². The van der Waals surface area contributed by atoms with Crippen molar-refractivity contribution in [3.63, 3.8) is 0 Å². The van der Waals surface area contributed by atoms with Gasteiger partial charge in [-0.25, -0.2) is 4.79 Å². The summed E-state index contributed by atoms with van der Waals surface area (Å²) in [6.07, 6.45) is 1.67. The van der Waals surface area contributed by atoms with Crippen molar-refractivity contribution in [2.24, 2.45) is 0 Å². The Morgan fingerprint density at radius 2 is 2.03 bits per heavy atom. The van der Waals surface area contributed by atoms with Crippen LogP contribution in [0.4, 0.5) is 5.69 Å². The number of carboxylic acids is 1. The molecule has 10 heteroatoms. The van der Waals surface area contributed by atoms with Crippen LogP contribution in [-0.2, 0) is 9.59 Å². The van der Waals surface area contributed by atoms with Crippen LogP contribution in [0.3, 0.4) is 0 Å². The van der Waals surface area contributed by atoms with Gasteiger partial charge in [0.05, 0.1) is 12.0 Å². The van der Waals surface area contributed by atoms with Gasteiger partial charge in [-0.3, -0.25) is 14.5 Å². The van der Waals surface area contributed by atoms with Gasteiger partial charge < -0.3 is 20.3 Å². The van der Waals surface area contributed by atoms with Gasteiger partial charge >= 0.3 is 5.97 Å². The van der Waals surface area contributed by atoms with Crippen molar-refractivity contribution in [2.45, 2.75) is 0 Å². The molecule has 0 saturated carbocycles. The number of benzene rings is 2. The number of carboxylic acid groups (broad SMARTS) is 1. The van der Waals surface area contributed by atoms with E-state index in [0.717, 1.165) is 29.5 Å². The number of hydrogen-bond acceptors (Lipinski definition) is 7. The van der Waals surface area contributed by atoms with Crippen LogP contribution in [0.25, 0.3) is 6.08 Å². The van der Waals surface area contributed by atoms with Crippen molar-refractivity contribution < 1.29 is 29.3 Å². The van der Waals surface area contributed by atoms with Crippen LogP contribution in [0.5, 0.6) is 11.5 Å². The number of anilines is 1. The largest absolute Gasteiger partial charge is 0.507 e. The number of aromatic hydroxyl groups is 1. The number of carbonyl (C=O) groups excluding carboxylic acids is 2. The second-order valence-electron chi connectivity index (χ2n) is 6.13. The van der Waals surface area contributed by atoms with E-state index < -0.39 is 23.5 Å². The first-order valence-corrected chi connectivity index (χ1v) is 9.76. The Kier molecular flexibility index (Phi) is 6.38. The maximum absolute atomic E-state index is 12.7. The zero-order valence-corrected chi connectivity index (χ0v) is 17.3. The number of hydrogen-bond donors (Lipinski definition) is 3. The lowest BCUT2D eigenvalue weighted by atomic mass is 10.2. The summed E-state index contributed by atoms with van der Waals surface area (Å²) in [5, 5.41) is 21.1. The van der Waals surface area contributed by atoms with Crippen molar-refractivity contribution in [1.82, 2.24) is 4.90 Å². The summed E-state index contributed by atoms with van der Waals surface area (Å²) >= 11 is 6.31. The molecule has 1 fully saturated rings. The van der Waals surface area contributed by atoms with Crippen molar-refractivity contribution in [2.75, 3.05) is 19.0 Å². The van der Waals surface area contributed by atoms with Crippen LogP contribution < -0.4 is 10.1 Å². The van der Waals surface area contributed by atoms with Crippen LogP contribution in [-0.4, -0.2) is 50.9 Å². The van der Waals surface area contributed by atoms with Crippen LogP contribution in [0.15, 0.2) is 47.4 Å². The highest BCUT2D eigenvalue weighted by Gasteiger charge is 2.33. The number of carbonyl (C=O) groups is 3. The van der Waals surface area contributed by atoms with E-state index in [1.54, 1.807) is 31.4 Å². The molecular formula is C20H16N2O6S2. The van der Waals surface area contributed by atoms with E-state index in [1.165, 1.54) is 11.0 Å². The van der Waals surface area contributed by atoms with Gasteiger partial charge in [-0.2, -0.15) is 0 Å². The summed E-state index contributed by atoms with van der Waals surface area (Å²) in [6.45, 7) is -0.330. The summed E-state index contributed by atoms with van der Waals surface area (Å²) in [5.41, 5.74) is 0.580. The number of aromatic carboxylic acids is 1. The second kappa shape index (κ2) is 8.97. The number of thioether (sulfide) groups is 1. The predicted octanol–water partition coefficient (Wildman–Crippen LogP) is 2.94. The van der Waals surface area contributed by atoms with Gasteiger partial charge in [-0.05, 0) is 42.0 Å². The predicted molar refractivity (Wildman–Crippen MR) is 117 cm³/mol. The maximum atomic E-state index is 12.7. The molecule has 0 aliphatic carbocycles. The van der Waals surface area contributed by atoms with E-state index in [-0.39, 0.29) is 22.1 Å². The minimum absolute atomic E-state index is 0.174. The summed E-state index contributed by atoms with van der Waals surface area (Å²) in [6, 6.07) is 10.8. The Labute approximate surface area is 181 Å². The van der Waals surface area contributed by atoms with Crippen molar-refractivity contribution in [3.05, 3.63) is 58.5 Å². The molecule has 1 aliphatic heterocycles. The van der Waals surface area contributed by atoms with Gasteiger partial charge in [0.2, 0.25) is 5.91 Å². The number of ether oxygens (including phenoxy) is 1. The van der Waals surface area contributed by atoms with E-state index in [0.29, 0.717) is 10.7 Å². The summed E-state index contributed by atoms with van der Waals surface area (Å²) in [5.74, 6) is -2.06. The monoisotopic (exact) mass is 444 g/mol. The van der Waals surface area contributed by atoms with Gasteiger partial charge in [0.1, 0.15) is 27.9 Å². The molecule has 0 bridgehead atoms. The SMILES string of the molecule is COc1cccc(C=C2SC(=S)N(CC(=O)Nc3ccc(O)c(C(=O)O)c3)C2=O)c1. The number of nitrogens with one attached hydrogen (secondary N) is 1. The molecule has 2 amide bonds. The first-order valence-electron chi connectivity index (χ1n) is 8.54. The van der Waals surface area contributed by atoms with E-state index >= 15 is 0 Å². The number of methoxy groups -OCH3 is 1. The maximum Gasteiger partial charge on any atom is 0.339 e. The molecule has 0 aromatic heterocycles. The normalized spacial score (nSPS) is 14.8. The minimum atomic E-state index is -1.33. The molecule has 3 rings (SSSR count). The Morgan fingerprint density at radius 3 is 2.73 bits per heavy atom. The Morgan fingerprint density at radius 1 is 1.27 bits per heavy atom. The third kappa shape index (κ3) is 4.78. The van der Waals surface area contributed by atoms with Crippen molar-refractivity contribution in [3.8, 4) is 11.5 Å². The average molecular weight is 444 g/mol. The highest BCUT2D eigenvalue weighted by molar-refractivity contribution is 8.26. The number of nitrogens with zero attached hydrogens (tertiary/aromatic N) is 1. The summed E-state index contributed by atoms with van der Waals surface area (Å²) < 4.78 is 5.40. The first kappa shape index (κ1) is 21.3. The van der Waals surface area contributed by atoms with Crippen LogP contribution in [0.1, 0.15) is 15.9 Å². The van der Waals surface area contributed by atoms with Gasteiger partial charge in [0, 0.05) is 5.69 Å². The highest BCUT2D eigenvalue weighted by atomic mass is 32.2. The van der Waals surface area contributed by atoms with Crippen LogP contribution >= 0.6 is 24.0 Å². The molecule has 30 heavy (non-hydrogen) atoms. The summed E-state index contributed by atoms with van der Waals surface area (Å²) in [7, 11) is 1.55. The molecule has 8 nitrogen and oxygen atoms in total. The van der Waals surface area contributed by atoms with Crippen molar-refractivity contribution >= 4 is 57.8 Å². The third-order valence-corrected chi connectivity index (χ3v) is 5.46. The van der Waals surface area contributed by atoms with E-state index in [2.05, 4.69) is 5.32 Å². The lowest BCUT2D eigenvalue weighted by Crippen LogP contribution is -2.36. The van der Waals surface area contributed by atoms with Crippen LogP contribution in [0.2, 0.25) is 0 Å². The fourth-order valence-corrected chi connectivity index (χ4v) is 3.90. The number of amides is 2. The lowest BCUT2D eigenvalue weighted by molar-refractivity contribution is -0.126. The summed E-state index contributed by atoms with van der Waals surface area (Å²) in [4.78, 5) is 37.7. The molecule has 1 aliphatic rings. The van der Waals surface area contributed by atoms with Gasteiger partial charge in [0.25, 0.3) is 5.91 Å². The van der Waals surface area contributed by atoms with Crippen molar-refractivity contribution in [1.29, 1.82) is 0 Å². The molecule has 0 spiro atoms. The van der Waals surface area contributed by atoms with E-state index in [9.17, 15) is 19.5 Å². The first-order chi connectivity index (χ1) is 14.3. The Balaban J connectivity index is 1.71. The zero-order chi connectivity index (χ0) is 21.8. The fraction of sp³-hybridized carbons (Fsp3) is 0.100. The quantitative estimate of drug-likeness (QED) is 0.354. The minimum Gasteiger partial charge on any atom is -0.507 e. The third-order valence-electron chi connectivity index (χ3n) is 4.08. The fourth-order valence-electron chi connectivity index (χ4n) is 2.65. The van der Waals surface area contributed by atoms with E-state index in [4.69, 9.17) is 22.1 Å². The van der Waals surface area contributed by atoms with E-state index in [1.807, 2.05) is 6.07 Å². The Hall–Kier alpha value is -3.37. The highest BCUT2D eigenvalue weighted by Crippen LogP contribution is 2.33. The second-order valence-corrected chi connectivity index (χ2v) is 7.81. The molecule has 154 valence electrons. The number of thiocarbonyl (C=S) groups is 1. The molecule has 1 saturated heterocycles. The average Bonchev–Trinajstić information content (AvgIpc) is 2.96. The van der Waals surface area contributed by atoms with Crippen LogP contribution in [0, 0.1) is 0 Å².